The number of amides is 1. The molecule has 0 radical (unpaired) electrons. The van der Waals surface area contributed by atoms with E-state index in [4.69, 9.17) is 9.84 Å². The van der Waals surface area contributed by atoms with E-state index in [1.807, 2.05) is 19.1 Å². The molecule has 0 aliphatic carbocycles. The van der Waals surface area contributed by atoms with Gasteiger partial charge in [0.1, 0.15) is 12.3 Å². The first kappa shape index (κ1) is 17.0. The summed E-state index contributed by atoms with van der Waals surface area (Å²) in [4.78, 5) is 29.1. The maximum Gasteiger partial charge on any atom is 0.323 e. The van der Waals surface area contributed by atoms with Crippen LogP contribution >= 0.6 is 0 Å². The van der Waals surface area contributed by atoms with Crippen LogP contribution in [-0.4, -0.2) is 46.6 Å². The predicted octanol–water partition coefficient (Wildman–Crippen LogP) is 2.62. The molecule has 130 valence electrons. The Hall–Kier alpha value is -2.89. The van der Waals surface area contributed by atoms with Crippen LogP contribution in [0.15, 0.2) is 36.7 Å². The smallest absolute Gasteiger partial charge is 0.323 e. The Labute approximate surface area is 146 Å². The maximum absolute atomic E-state index is 12.6. The standard InChI is InChI=1S/C19H20N2O4/c1-2-6-21(12-18(22)23)19(24)16-9-15(10-20-11-16)13-3-4-17-14(8-13)5-7-25-17/h3-4,8-11H,2,5-7,12H2,1H3,(H,22,23). The number of pyridine rings is 1. The Morgan fingerprint density at radius 3 is 2.84 bits per heavy atom. The lowest BCUT2D eigenvalue weighted by atomic mass is 10.0. The Kier molecular flexibility index (Phi) is 4.97. The summed E-state index contributed by atoms with van der Waals surface area (Å²) in [5.74, 6) is -0.438. The van der Waals surface area contributed by atoms with E-state index in [-0.39, 0.29) is 12.5 Å². The van der Waals surface area contributed by atoms with Crippen LogP contribution in [0.25, 0.3) is 11.1 Å². The van der Waals surface area contributed by atoms with Crippen LogP contribution in [-0.2, 0) is 11.2 Å². The molecule has 0 saturated carbocycles. The first-order valence-electron chi connectivity index (χ1n) is 8.30. The van der Waals surface area contributed by atoms with E-state index in [9.17, 15) is 9.59 Å². The number of carbonyl (C=O) groups excluding carboxylic acids is 1. The third-order valence-electron chi connectivity index (χ3n) is 4.11. The van der Waals surface area contributed by atoms with Crippen molar-refractivity contribution in [3.63, 3.8) is 0 Å². The molecule has 1 aliphatic rings. The number of rotatable bonds is 6. The van der Waals surface area contributed by atoms with Gasteiger partial charge in [0.2, 0.25) is 0 Å². The highest BCUT2D eigenvalue weighted by molar-refractivity contribution is 5.96. The van der Waals surface area contributed by atoms with Crippen molar-refractivity contribution < 1.29 is 19.4 Å². The summed E-state index contributed by atoms with van der Waals surface area (Å²) in [7, 11) is 0. The molecule has 0 unspecified atom stereocenters. The molecule has 1 N–H and O–H groups in total. The van der Waals surface area contributed by atoms with Gasteiger partial charge in [-0.25, -0.2) is 0 Å². The molecule has 1 aromatic heterocycles. The van der Waals surface area contributed by atoms with Crippen LogP contribution in [0.1, 0.15) is 29.3 Å². The van der Waals surface area contributed by atoms with Gasteiger partial charge in [-0.15, -0.1) is 0 Å². The Morgan fingerprint density at radius 2 is 2.08 bits per heavy atom. The highest BCUT2D eigenvalue weighted by Gasteiger charge is 2.19. The topological polar surface area (TPSA) is 79.7 Å². The number of aliphatic carboxylic acids is 1. The van der Waals surface area contributed by atoms with Crippen molar-refractivity contribution in [2.24, 2.45) is 0 Å². The van der Waals surface area contributed by atoms with Gasteiger partial charge in [0.05, 0.1) is 12.2 Å². The van der Waals surface area contributed by atoms with E-state index < -0.39 is 5.97 Å². The maximum atomic E-state index is 12.6. The second-order valence-corrected chi connectivity index (χ2v) is 6.00. The predicted molar refractivity (Wildman–Crippen MR) is 92.7 cm³/mol. The summed E-state index contributed by atoms with van der Waals surface area (Å²) in [6.45, 7) is 2.68. The number of carboxylic acid groups (broad SMARTS) is 1. The van der Waals surface area contributed by atoms with E-state index >= 15 is 0 Å². The van der Waals surface area contributed by atoms with Gasteiger partial charge in [0.15, 0.2) is 0 Å². The molecule has 6 nitrogen and oxygen atoms in total. The van der Waals surface area contributed by atoms with Crippen molar-refractivity contribution in [3.05, 3.63) is 47.8 Å². The summed E-state index contributed by atoms with van der Waals surface area (Å²) in [5.41, 5.74) is 3.33. The van der Waals surface area contributed by atoms with Gasteiger partial charge >= 0.3 is 5.97 Å². The Balaban J connectivity index is 1.87. The largest absolute Gasteiger partial charge is 0.493 e. The SMILES string of the molecule is CCCN(CC(=O)O)C(=O)c1cncc(-c2ccc3c(c2)CCO3)c1. The van der Waals surface area contributed by atoms with E-state index in [2.05, 4.69) is 11.1 Å². The van der Waals surface area contributed by atoms with Crippen molar-refractivity contribution in [1.29, 1.82) is 0 Å². The molecule has 6 heteroatoms. The van der Waals surface area contributed by atoms with Crippen LogP contribution in [0.5, 0.6) is 5.75 Å². The molecule has 0 saturated heterocycles. The van der Waals surface area contributed by atoms with E-state index in [1.165, 1.54) is 11.1 Å². The summed E-state index contributed by atoms with van der Waals surface area (Å²) >= 11 is 0. The number of fused-ring (bicyclic) bond motifs is 1. The molecule has 0 fully saturated rings. The van der Waals surface area contributed by atoms with Gasteiger partial charge in [-0.1, -0.05) is 13.0 Å². The van der Waals surface area contributed by atoms with Crippen molar-refractivity contribution in [2.75, 3.05) is 19.7 Å². The van der Waals surface area contributed by atoms with Gasteiger partial charge in [-0.2, -0.15) is 0 Å². The molecule has 0 spiro atoms. The number of hydrogen-bond acceptors (Lipinski definition) is 4. The van der Waals surface area contributed by atoms with Gasteiger partial charge < -0.3 is 14.7 Å². The van der Waals surface area contributed by atoms with Crippen molar-refractivity contribution in [1.82, 2.24) is 9.88 Å². The second-order valence-electron chi connectivity index (χ2n) is 6.00. The zero-order chi connectivity index (χ0) is 17.8. The van der Waals surface area contributed by atoms with E-state index in [1.54, 1.807) is 12.3 Å². The highest BCUT2D eigenvalue weighted by atomic mass is 16.5. The molecule has 0 atom stereocenters. The fourth-order valence-electron chi connectivity index (χ4n) is 2.95. The first-order chi connectivity index (χ1) is 12.1. The third-order valence-corrected chi connectivity index (χ3v) is 4.11. The van der Waals surface area contributed by atoms with Crippen molar-refractivity contribution in [2.45, 2.75) is 19.8 Å². The minimum absolute atomic E-state index is 0.312. The normalized spacial score (nSPS) is 12.4. The lowest BCUT2D eigenvalue weighted by Gasteiger charge is -2.20. The minimum atomic E-state index is -1.02. The Bertz CT molecular complexity index is 804. The number of carboxylic acids is 1. The van der Waals surface area contributed by atoms with Gasteiger partial charge in [-0.3, -0.25) is 14.6 Å². The zero-order valence-corrected chi connectivity index (χ0v) is 14.1. The number of carbonyl (C=O) groups is 2. The minimum Gasteiger partial charge on any atom is -0.493 e. The summed E-state index contributed by atoms with van der Waals surface area (Å²) in [6.07, 6.45) is 4.75. The molecular weight excluding hydrogens is 320 g/mol. The van der Waals surface area contributed by atoms with Crippen LogP contribution < -0.4 is 4.74 Å². The molecular formula is C19H20N2O4. The number of aromatic nitrogens is 1. The fraction of sp³-hybridized carbons (Fsp3) is 0.316. The summed E-state index contributed by atoms with van der Waals surface area (Å²) in [6, 6.07) is 7.68. The number of nitrogens with zero attached hydrogens (tertiary/aromatic N) is 2. The molecule has 1 amide bonds. The summed E-state index contributed by atoms with van der Waals surface area (Å²) < 4.78 is 5.51. The van der Waals surface area contributed by atoms with E-state index in [0.717, 1.165) is 28.9 Å². The molecule has 1 aliphatic heterocycles. The lowest BCUT2D eigenvalue weighted by Crippen LogP contribution is -2.36. The number of benzene rings is 1. The fourth-order valence-corrected chi connectivity index (χ4v) is 2.95. The average Bonchev–Trinajstić information content (AvgIpc) is 3.08. The highest BCUT2D eigenvalue weighted by Crippen LogP contribution is 2.30. The van der Waals surface area contributed by atoms with Crippen LogP contribution in [0, 0.1) is 0 Å². The Morgan fingerprint density at radius 1 is 1.24 bits per heavy atom. The third kappa shape index (κ3) is 3.79. The number of hydrogen-bond donors (Lipinski definition) is 1. The molecule has 25 heavy (non-hydrogen) atoms. The van der Waals surface area contributed by atoms with Crippen LogP contribution in [0.4, 0.5) is 0 Å². The van der Waals surface area contributed by atoms with Crippen LogP contribution in [0.2, 0.25) is 0 Å². The van der Waals surface area contributed by atoms with Gasteiger partial charge in [0.25, 0.3) is 5.91 Å². The van der Waals surface area contributed by atoms with Crippen molar-refractivity contribution >= 4 is 11.9 Å². The first-order valence-corrected chi connectivity index (χ1v) is 8.30. The molecule has 1 aromatic carbocycles. The monoisotopic (exact) mass is 340 g/mol. The van der Waals surface area contributed by atoms with Gasteiger partial charge in [0, 0.05) is 30.9 Å². The lowest BCUT2D eigenvalue weighted by molar-refractivity contribution is -0.137. The van der Waals surface area contributed by atoms with E-state index in [0.29, 0.717) is 25.1 Å². The molecule has 0 bridgehead atoms. The number of ether oxygens (including phenoxy) is 1. The van der Waals surface area contributed by atoms with Crippen molar-refractivity contribution in [3.8, 4) is 16.9 Å². The van der Waals surface area contributed by atoms with Crippen LogP contribution in [0.3, 0.4) is 0 Å². The molecule has 2 heterocycles. The van der Waals surface area contributed by atoms with Gasteiger partial charge in [-0.05, 0) is 35.7 Å². The quantitative estimate of drug-likeness (QED) is 0.874. The average molecular weight is 340 g/mol. The molecule has 2 aromatic rings. The second kappa shape index (κ2) is 7.34. The molecule has 3 rings (SSSR count). The zero-order valence-electron chi connectivity index (χ0n) is 14.1. The summed E-state index contributed by atoms with van der Waals surface area (Å²) in [5, 5.41) is 9.01.